The van der Waals surface area contributed by atoms with Crippen molar-refractivity contribution in [2.45, 2.75) is 58.8 Å². The minimum Gasteiger partial charge on any atom is -0.494 e. The highest BCUT2D eigenvalue weighted by molar-refractivity contribution is 5.94. The number of carbonyl (C=O) groups is 2. The lowest BCUT2D eigenvalue weighted by Crippen LogP contribution is -2.27. The first-order chi connectivity index (χ1) is 12.0. The molecule has 1 fully saturated rings. The molecule has 0 saturated heterocycles. The molecule has 0 atom stereocenters. The molecule has 2 rings (SSSR count). The van der Waals surface area contributed by atoms with Crippen LogP contribution < -0.4 is 15.4 Å². The number of methoxy groups -OCH3 is 1. The Bertz CT molecular complexity index is 593. The molecular formula is C20H30N2O3. The molecule has 0 bridgehead atoms. The van der Waals surface area contributed by atoms with Gasteiger partial charge in [0.15, 0.2) is 0 Å². The van der Waals surface area contributed by atoms with Gasteiger partial charge in [0, 0.05) is 24.6 Å². The number of nitrogens with one attached hydrogen (secondary N) is 2. The second-order valence-electron chi connectivity index (χ2n) is 6.95. The molecule has 138 valence electrons. The minimum atomic E-state index is -0.157. The quantitative estimate of drug-likeness (QED) is 0.759. The first-order valence-electron chi connectivity index (χ1n) is 9.30. The molecule has 0 unspecified atom stereocenters. The third kappa shape index (κ3) is 5.76. The van der Waals surface area contributed by atoms with Crippen molar-refractivity contribution in [2.75, 3.05) is 17.7 Å². The third-order valence-corrected chi connectivity index (χ3v) is 4.96. The van der Waals surface area contributed by atoms with Gasteiger partial charge in [-0.15, -0.1) is 0 Å². The molecule has 1 aromatic carbocycles. The van der Waals surface area contributed by atoms with Gasteiger partial charge in [-0.05, 0) is 43.7 Å². The highest BCUT2D eigenvalue weighted by Crippen LogP contribution is 2.33. The van der Waals surface area contributed by atoms with Crippen LogP contribution in [0.2, 0.25) is 0 Å². The molecule has 0 spiro atoms. The standard InChI is InChI=1S/C20H30N2O3/c1-4-5-6-15-7-9-16(10-8-15)20(24)22-17-11-12-18(21-14(2)23)19(13-17)25-3/h11-13,15-16H,4-10H2,1-3H3,(H,21,23)(H,22,24). The molecule has 0 heterocycles. The fourth-order valence-electron chi connectivity index (χ4n) is 3.51. The molecule has 2 amide bonds. The highest BCUT2D eigenvalue weighted by atomic mass is 16.5. The Labute approximate surface area is 150 Å². The molecule has 1 aromatic rings. The summed E-state index contributed by atoms with van der Waals surface area (Å²) in [6.45, 7) is 3.68. The second-order valence-corrected chi connectivity index (χ2v) is 6.95. The number of hydrogen-bond donors (Lipinski definition) is 2. The summed E-state index contributed by atoms with van der Waals surface area (Å²) in [4.78, 5) is 23.7. The second kappa shape index (κ2) is 9.44. The van der Waals surface area contributed by atoms with E-state index in [9.17, 15) is 9.59 Å². The number of benzene rings is 1. The summed E-state index contributed by atoms with van der Waals surface area (Å²) in [6.07, 6.45) is 8.10. The van der Waals surface area contributed by atoms with Crippen molar-refractivity contribution >= 4 is 23.2 Å². The highest BCUT2D eigenvalue weighted by Gasteiger charge is 2.26. The van der Waals surface area contributed by atoms with Gasteiger partial charge in [0.2, 0.25) is 11.8 Å². The summed E-state index contributed by atoms with van der Waals surface area (Å²) >= 11 is 0. The SMILES string of the molecule is CCCCC1CCC(C(=O)Nc2ccc(NC(C)=O)c(OC)c2)CC1. The zero-order valence-electron chi connectivity index (χ0n) is 15.6. The normalized spacial score (nSPS) is 20.0. The Morgan fingerprint density at radius 2 is 1.88 bits per heavy atom. The summed E-state index contributed by atoms with van der Waals surface area (Å²) in [5.74, 6) is 1.36. The first kappa shape index (κ1) is 19.3. The van der Waals surface area contributed by atoms with Crippen LogP contribution in [0.15, 0.2) is 18.2 Å². The van der Waals surface area contributed by atoms with Gasteiger partial charge in [-0.25, -0.2) is 0 Å². The summed E-state index contributed by atoms with van der Waals surface area (Å²) in [5, 5.41) is 5.71. The van der Waals surface area contributed by atoms with E-state index in [0.29, 0.717) is 17.1 Å². The van der Waals surface area contributed by atoms with Crippen molar-refractivity contribution in [3.8, 4) is 5.75 Å². The Morgan fingerprint density at radius 1 is 1.16 bits per heavy atom. The zero-order chi connectivity index (χ0) is 18.2. The molecule has 1 saturated carbocycles. The number of rotatable bonds is 7. The average molecular weight is 346 g/mol. The Morgan fingerprint density at radius 3 is 2.48 bits per heavy atom. The minimum absolute atomic E-state index is 0.0864. The van der Waals surface area contributed by atoms with Crippen LogP contribution in [0, 0.1) is 11.8 Å². The smallest absolute Gasteiger partial charge is 0.227 e. The van der Waals surface area contributed by atoms with Crippen LogP contribution in [-0.4, -0.2) is 18.9 Å². The van der Waals surface area contributed by atoms with Crippen molar-refractivity contribution in [3.05, 3.63) is 18.2 Å². The number of hydrogen-bond acceptors (Lipinski definition) is 3. The molecule has 5 nitrogen and oxygen atoms in total. The van der Waals surface area contributed by atoms with E-state index in [-0.39, 0.29) is 17.7 Å². The van der Waals surface area contributed by atoms with E-state index >= 15 is 0 Å². The maximum atomic E-state index is 12.5. The van der Waals surface area contributed by atoms with Crippen molar-refractivity contribution in [1.29, 1.82) is 0 Å². The van der Waals surface area contributed by atoms with Gasteiger partial charge in [-0.1, -0.05) is 26.2 Å². The van der Waals surface area contributed by atoms with Gasteiger partial charge in [0.1, 0.15) is 5.75 Å². The van der Waals surface area contributed by atoms with Gasteiger partial charge in [0.25, 0.3) is 0 Å². The number of amides is 2. The van der Waals surface area contributed by atoms with Crippen LogP contribution in [0.5, 0.6) is 5.75 Å². The van der Waals surface area contributed by atoms with Crippen molar-refractivity contribution < 1.29 is 14.3 Å². The van der Waals surface area contributed by atoms with Crippen LogP contribution in [0.1, 0.15) is 58.8 Å². The molecule has 25 heavy (non-hydrogen) atoms. The predicted molar refractivity (Wildman–Crippen MR) is 101 cm³/mol. The van der Waals surface area contributed by atoms with Gasteiger partial charge in [-0.2, -0.15) is 0 Å². The van der Waals surface area contributed by atoms with E-state index in [2.05, 4.69) is 17.6 Å². The zero-order valence-corrected chi connectivity index (χ0v) is 15.6. The molecule has 2 N–H and O–H groups in total. The Balaban J connectivity index is 1.91. The van der Waals surface area contributed by atoms with Crippen LogP contribution in [0.4, 0.5) is 11.4 Å². The lowest BCUT2D eigenvalue weighted by molar-refractivity contribution is -0.121. The number of ether oxygens (including phenoxy) is 1. The van der Waals surface area contributed by atoms with Crippen molar-refractivity contribution in [3.63, 3.8) is 0 Å². The molecule has 1 aliphatic rings. The van der Waals surface area contributed by atoms with Crippen LogP contribution >= 0.6 is 0 Å². The largest absolute Gasteiger partial charge is 0.494 e. The first-order valence-corrected chi connectivity index (χ1v) is 9.30. The predicted octanol–water partition coefficient (Wildman–Crippen LogP) is 4.59. The molecule has 0 aliphatic heterocycles. The average Bonchev–Trinajstić information content (AvgIpc) is 2.61. The van der Waals surface area contributed by atoms with E-state index in [4.69, 9.17) is 4.74 Å². The summed E-state index contributed by atoms with van der Waals surface area (Å²) in [6, 6.07) is 5.28. The van der Waals surface area contributed by atoms with E-state index in [1.54, 1.807) is 25.3 Å². The molecule has 0 radical (unpaired) electrons. The lowest BCUT2D eigenvalue weighted by Gasteiger charge is -2.27. The van der Waals surface area contributed by atoms with Crippen LogP contribution in [-0.2, 0) is 9.59 Å². The van der Waals surface area contributed by atoms with E-state index in [1.165, 1.54) is 26.2 Å². The van der Waals surface area contributed by atoms with Crippen molar-refractivity contribution in [1.82, 2.24) is 0 Å². The molecule has 1 aliphatic carbocycles. The monoisotopic (exact) mass is 346 g/mol. The van der Waals surface area contributed by atoms with E-state index < -0.39 is 0 Å². The van der Waals surface area contributed by atoms with E-state index in [1.807, 2.05) is 0 Å². The van der Waals surface area contributed by atoms with Gasteiger partial charge in [0.05, 0.1) is 12.8 Å². The van der Waals surface area contributed by atoms with Crippen molar-refractivity contribution in [2.24, 2.45) is 11.8 Å². The molecule has 0 aromatic heterocycles. The van der Waals surface area contributed by atoms with E-state index in [0.717, 1.165) is 31.6 Å². The number of anilines is 2. The van der Waals surface area contributed by atoms with Gasteiger partial charge in [-0.3, -0.25) is 9.59 Å². The number of carbonyl (C=O) groups excluding carboxylic acids is 2. The Kier molecular flexibility index (Phi) is 7.29. The maximum absolute atomic E-state index is 12.5. The van der Waals surface area contributed by atoms with Gasteiger partial charge < -0.3 is 15.4 Å². The molecule has 5 heteroatoms. The Hall–Kier alpha value is -2.04. The maximum Gasteiger partial charge on any atom is 0.227 e. The summed E-state index contributed by atoms with van der Waals surface area (Å²) < 4.78 is 5.30. The topological polar surface area (TPSA) is 67.4 Å². The lowest BCUT2D eigenvalue weighted by atomic mass is 9.79. The fourth-order valence-corrected chi connectivity index (χ4v) is 3.51. The van der Waals surface area contributed by atoms with Crippen LogP contribution in [0.3, 0.4) is 0 Å². The van der Waals surface area contributed by atoms with Crippen LogP contribution in [0.25, 0.3) is 0 Å². The van der Waals surface area contributed by atoms with Gasteiger partial charge >= 0.3 is 0 Å². The third-order valence-electron chi connectivity index (χ3n) is 4.96. The summed E-state index contributed by atoms with van der Waals surface area (Å²) in [7, 11) is 1.55. The fraction of sp³-hybridized carbons (Fsp3) is 0.600. The molecular weight excluding hydrogens is 316 g/mol. The summed E-state index contributed by atoms with van der Waals surface area (Å²) in [5.41, 5.74) is 1.30. The number of unbranched alkanes of at least 4 members (excludes halogenated alkanes) is 1.